The van der Waals surface area contributed by atoms with Gasteiger partial charge >= 0.3 is 5.69 Å². The zero-order valence-electron chi connectivity index (χ0n) is 9.91. The van der Waals surface area contributed by atoms with Crippen LogP contribution in [0.25, 0.3) is 0 Å². The summed E-state index contributed by atoms with van der Waals surface area (Å²) in [5.41, 5.74) is 0.289. The maximum Gasteiger partial charge on any atom is 0.326 e. The van der Waals surface area contributed by atoms with Gasteiger partial charge in [0.1, 0.15) is 5.69 Å². The molecule has 1 heterocycles. The van der Waals surface area contributed by atoms with Gasteiger partial charge in [-0.05, 0) is 47.2 Å². The number of aromatic amines is 2. The number of H-pyrrole nitrogens is 2. The van der Waals surface area contributed by atoms with Crippen LogP contribution in [0.15, 0.2) is 33.9 Å². The molecule has 0 saturated heterocycles. The Morgan fingerprint density at radius 2 is 1.95 bits per heavy atom. The Morgan fingerprint density at radius 3 is 2.58 bits per heavy atom. The molecule has 98 valence electrons. The number of nitrogens with one attached hydrogen (secondary N) is 3. The van der Waals surface area contributed by atoms with E-state index in [1.165, 1.54) is 0 Å². The van der Waals surface area contributed by atoms with Gasteiger partial charge in [-0.1, -0.05) is 6.07 Å². The molecule has 2 rings (SSSR count). The highest BCUT2D eigenvalue weighted by Crippen LogP contribution is 2.17. The fraction of sp³-hybridized carbons (Fsp3) is 0.0833. The molecule has 0 aliphatic carbocycles. The molecule has 0 fully saturated rings. The number of carbonyl (C=O) groups is 1. The van der Waals surface area contributed by atoms with E-state index in [1.54, 1.807) is 12.1 Å². The van der Waals surface area contributed by atoms with E-state index in [2.05, 4.69) is 32.9 Å². The minimum atomic E-state index is -0.712. The Bertz CT molecular complexity index is 720. The van der Waals surface area contributed by atoms with Crippen LogP contribution in [0.1, 0.15) is 16.1 Å². The zero-order chi connectivity index (χ0) is 14.0. The maximum absolute atomic E-state index is 11.9. The van der Waals surface area contributed by atoms with Crippen molar-refractivity contribution >= 4 is 34.2 Å². The van der Waals surface area contributed by atoms with E-state index in [9.17, 15) is 14.4 Å². The summed E-state index contributed by atoms with van der Waals surface area (Å²) >= 11 is 2.16. The number of halogens is 1. The van der Waals surface area contributed by atoms with Crippen molar-refractivity contribution in [2.45, 2.75) is 6.92 Å². The fourth-order valence-corrected chi connectivity index (χ4v) is 1.98. The van der Waals surface area contributed by atoms with Crippen LogP contribution in [0.4, 0.5) is 5.69 Å². The molecule has 1 aromatic carbocycles. The monoisotopic (exact) mass is 371 g/mol. The Morgan fingerprint density at radius 1 is 1.21 bits per heavy atom. The summed E-state index contributed by atoms with van der Waals surface area (Å²) in [4.78, 5) is 38.3. The van der Waals surface area contributed by atoms with Crippen molar-refractivity contribution < 1.29 is 4.79 Å². The van der Waals surface area contributed by atoms with E-state index in [0.29, 0.717) is 5.69 Å². The molecule has 0 aliphatic rings. The van der Waals surface area contributed by atoms with Crippen molar-refractivity contribution in [2.75, 3.05) is 5.32 Å². The molecule has 0 radical (unpaired) electrons. The lowest BCUT2D eigenvalue weighted by atomic mass is 10.2. The number of benzene rings is 1. The van der Waals surface area contributed by atoms with Crippen LogP contribution < -0.4 is 16.6 Å². The SMILES string of the molecule is Cc1ccc(NC(=O)c2cc(=O)[nH]c(=O)[nH]2)cc1I. The van der Waals surface area contributed by atoms with Gasteiger partial charge in [0.05, 0.1) is 0 Å². The van der Waals surface area contributed by atoms with Crippen LogP contribution >= 0.6 is 22.6 Å². The smallest absolute Gasteiger partial charge is 0.321 e. The van der Waals surface area contributed by atoms with Crippen LogP contribution in [-0.4, -0.2) is 15.9 Å². The van der Waals surface area contributed by atoms with Crippen LogP contribution in [-0.2, 0) is 0 Å². The van der Waals surface area contributed by atoms with Gasteiger partial charge in [-0.15, -0.1) is 0 Å². The Balaban J connectivity index is 2.27. The molecule has 0 atom stereocenters. The molecule has 6 nitrogen and oxygen atoms in total. The quantitative estimate of drug-likeness (QED) is 0.693. The molecule has 0 saturated carbocycles. The Labute approximate surface area is 121 Å². The molecule has 19 heavy (non-hydrogen) atoms. The van der Waals surface area contributed by atoms with Crippen molar-refractivity contribution in [3.8, 4) is 0 Å². The van der Waals surface area contributed by atoms with Gasteiger partial charge in [-0.2, -0.15) is 0 Å². The number of carbonyl (C=O) groups excluding carboxylic acids is 1. The highest BCUT2D eigenvalue weighted by Gasteiger charge is 2.09. The van der Waals surface area contributed by atoms with Gasteiger partial charge in [0, 0.05) is 15.3 Å². The van der Waals surface area contributed by atoms with Gasteiger partial charge in [-0.3, -0.25) is 14.6 Å². The van der Waals surface area contributed by atoms with E-state index in [-0.39, 0.29) is 5.69 Å². The molecule has 0 unspecified atom stereocenters. The van der Waals surface area contributed by atoms with Crippen molar-refractivity contribution in [3.05, 3.63) is 59.9 Å². The second-order valence-electron chi connectivity index (χ2n) is 3.92. The number of hydrogen-bond acceptors (Lipinski definition) is 3. The average molecular weight is 371 g/mol. The standard InChI is InChI=1S/C12H10IN3O3/c1-6-2-3-7(4-8(6)13)14-11(18)9-5-10(17)16-12(19)15-9/h2-5H,1H3,(H,14,18)(H2,15,16,17,19). The maximum atomic E-state index is 11.9. The highest BCUT2D eigenvalue weighted by molar-refractivity contribution is 14.1. The lowest BCUT2D eigenvalue weighted by molar-refractivity contribution is 0.102. The topological polar surface area (TPSA) is 94.8 Å². The summed E-state index contributed by atoms with van der Waals surface area (Å²) in [7, 11) is 0. The molecule has 2 aromatic rings. The fourth-order valence-electron chi connectivity index (χ4n) is 1.46. The predicted octanol–water partition coefficient (Wildman–Crippen LogP) is 1.23. The van der Waals surface area contributed by atoms with Gasteiger partial charge in [-0.25, -0.2) is 4.79 Å². The third kappa shape index (κ3) is 3.31. The Kier molecular flexibility index (Phi) is 3.84. The lowest BCUT2D eigenvalue weighted by Crippen LogP contribution is -2.27. The van der Waals surface area contributed by atoms with Crippen molar-refractivity contribution in [2.24, 2.45) is 0 Å². The molecule has 1 aromatic heterocycles. The van der Waals surface area contributed by atoms with Crippen LogP contribution in [0.3, 0.4) is 0 Å². The summed E-state index contributed by atoms with van der Waals surface area (Å²) < 4.78 is 1.01. The largest absolute Gasteiger partial charge is 0.326 e. The predicted molar refractivity (Wildman–Crippen MR) is 79.5 cm³/mol. The normalized spacial score (nSPS) is 10.2. The van der Waals surface area contributed by atoms with Crippen molar-refractivity contribution in [1.29, 1.82) is 0 Å². The van der Waals surface area contributed by atoms with Crippen LogP contribution in [0.2, 0.25) is 0 Å². The van der Waals surface area contributed by atoms with Gasteiger partial charge in [0.25, 0.3) is 11.5 Å². The summed E-state index contributed by atoms with van der Waals surface area (Å²) in [5.74, 6) is -0.539. The van der Waals surface area contributed by atoms with E-state index in [4.69, 9.17) is 0 Å². The summed E-state index contributed by atoms with van der Waals surface area (Å²) in [5, 5.41) is 2.61. The number of aryl methyl sites for hydroxylation is 1. The first-order valence-electron chi connectivity index (χ1n) is 5.37. The molecule has 7 heteroatoms. The van der Waals surface area contributed by atoms with Crippen LogP contribution in [0.5, 0.6) is 0 Å². The van der Waals surface area contributed by atoms with E-state index >= 15 is 0 Å². The molecule has 0 aliphatic heterocycles. The van der Waals surface area contributed by atoms with E-state index < -0.39 is 17.2 Å². The number of amides is 1. The van der Waals surface area contributed by atoms with Crippen molar-refractivity contribution in [3.63, 3.8) is 0 Å². The molecule has 0 spiro atoms. The third-order valence-electron chi connectivity index (χ3n) is 2.43. The number of anilines is 1. The van der Waals surface area contributed by atoms with E-state index in [0.717, 1.165) is 15.2 Å². The molecule has 1 amide bonds. The summed E-state index contributed by atoms with van der Waals surface area (Å²) in [6.45, 7) is 1.96. The first-order valence-corrected chi connectivity index (χ1v) is 6.45. The molecule has 0 bridgehead atoms. The van der Waals surface area contributed by atoms with Gasteiger partial charge in [0.2, 0.25) is 0 Å². The summed E-state index contributed by atoms with van der Waals surface area (Å²) in [6.07, 6.45) is 0. The number of hydrogen-bond donors (Lipinski definition) is 3. The number of aromatic nitrogens is 2. The molecular weight excluding hydrogens is 361 g/mol. The van der Waals surface area contributed by atoms with E-state index in [1.807, 2.05) is 18.0 Å². The average Bonchev–Trinajstić information content (AvgIpc) is 2.32. The van der Waals surface area contributed by atoms with Gasteiger partial charge < -0.3 is 10.3 Å². The summed E-state index contributed by atoms with van der Waals surface area (Å²) in [6, 6.07) is 6.47. The first-order chi connectivity index (χ1) is 8.95. The first kappa shape index (κ1) is 13.5. The van der Waals surface area contributed by atoms with Gasteiger partial charge in [0.15, 0.2) is 0 Å². The van der Waals surface area contributed by atoms with Crippen LogP contribution in [0, 0.1) is 10.5 Å². The minimum absolute atomic E-state index is 0.0793. The number of rotatable bonds is 2. The second kappa shape index (κ2) is 5.39. The third-order valence-corrected chi connectivity index (χ3v) is 3.60. The highest BCUT2D eigenvalue weighted by atomic mass is 127. The second-order valence-corrected chi connectivity index (χ2v) is 5.08. The molecular formula is C12H10IN3O3. The minimum Gasteiger partial charge on any atom is -0.321 e. The zero-order valence-corrected chi connectivity index (χ0v) is 12.1. The lowest BCUT2D eigenvalue weighted by Gasteiger charge is -2.06. The van der Waals surface area contributed by atoms with Crippen molar-refractivity contribution in [1.82, 2.24) is 9.97 Å². The Hall–Kier alpha value is -1.90. The molecule has 3 N–H and O–H groups in total.